The summed E-state index contributed by atoms with van der Waals surface area (Å²) in [7, 11) is 1.40. The summed E-state index contributed by atoms with van der Waals surface area (Å²) in [5.41, 5.74) is 3.88. The van der Waals surface area contributed by atoms with E-state index in [1.165, 1.54) is 7.11 Å². The first-order valence-corrected chi connectivity index (χ1v) is 11.6. The SMILES string of the molecule is COC(CNC(=O)OCC1c2ccccc2-c2ccccc21)C(=O)NC1CC2CC2(C(=O)O)C1. The number of carboxylic acids is 1. The van der Waals surface area contributed by atoms with Crippen LogP contribution in [0.25, 0.3) is 11.1 Å². The third kappa shape index (κ3) is 3.92. The zero-order valence-corrected chi connectivity index (χ0v) is 19.0. The van der Waals surface area contributed by atoms with E-state index in [9.17, 15) is 19.5 Å². The van der Waals surface area contributed by atoms with Crippen molar-refractivity contribution < 1.29 is 29.0 Å². The van der Waals surface area contributed by atoms with Crippen LogP contribution >= 0.6 is 0 Å². The van der Waals surface area contributed by atoms with Crippen molar-refractivity contribution >= 4 is 18.0 Å². The highest BCUT2D eigenvalue weighted by molar-refractivity contribution is 5.83. The molecule has 0 aromatic heterocycles. The average molecular weight is 465 g/mol. The van der Waals surface area contributed by atoms with Crippen LogP contribution in [-0.2, 0) is 19.1 Å². The number of nitrogens with one attached hydrogen (secondary N) is 2. The first kappa shape index (κ1) is 22.4. The summed E-state index contributed by atoms with van der Waals surface area (Å²) < 4.78 is 10.8. The second kappa shape index (κ2) is 8.76. The Morgan fingerprint density at radius 3 is 2.29 bits per heavy atom. The number of amides is 2. The molecule has 3 N–H and O–H groups in total. The predicted octanol–water partition coefficient (Wildman–Crippen LogP) is 2.91. The number of benzene rings is 2. The third-order valence-corrected chi connectivity index (χ3v) is 7.54. The van der Waals surface area contributed by atoms with Crippen LogP contribution in [0.3, 0.4) is 0 Å². The second-order valence-electron chi connectivity index (χ2n) is 9.44. The lowest BCUT2D eigenvalue weighted by molar-refractivity contribution is -0.144. The quantitative estimate of drug-likeness (QED) is 0.554. The monoisotopic (exact) mass is 464 g/mol. The summed E-state index contributed by atoms with van der Waals surface area (Å²) in [6.07, 6.45) is 0.275. The molecule has 178 valence electrons. The van der Waals surface area contributed by atoms with Crippen LogP contribution in [0.2, 0.25) is 0 Å². The molecule has 0 spiro atoms. The smallest absolute Gasteiger partial charge is 0.407 e. The van der Waals surface area contributed by atoms with Gasteiger partial charge in [0.15, 0.2) is 6.10 Å². The Bertz CT molecular complexity index is 1090. The normalized spacial score (nSPS) is 25.0. The molecule has 8 nitrogen and oxygen atoms in total. The molecule has 8 heteroatoms. The number of ether oxygens (including phenoxy) is 2. The van der Waals surface area contributed by atoms with Crippen LogP contribution in [0.1, 0.15) is 36.3 Å². The number of rotatable bonds is 8. The van der Waals surface area contributed by atoms with Gasteiger partial charge in [-0.3, -0.25) is 9.59 Å². The molecule has 4 atom stereocenters. The fourth-order valence-electron chi connectivity index (χ4n) is 5.67. The van der Waals surface area contributed by atoms with Gasteiger partial charge in [0.2, 0.25) is 0 Å². The highest BCUT2D eigenvalue weighted by atomic mass is 16.5. The summed E-state index contributed by atoms with van der Waals surface area (Å²) in [5, 5.41) is 14.9. The van der Waals surface area contributed by atoms with Gasteiger partial charge < -0.3 is 25.2 Å². The molecular weight excluding hydrogens is 436 g/mol. The number of alkyl carbamates (subject to hydrolysis) is 1. The average Bonchev–Trinajstić information content (AvgIpc) is 3.27. The predicted molar refractivity (Wildman–Crippen MR) is 123 cm³/mol. The third-order valence-electron chi connectivity index (χ3n) is 7.54. The Kier molecular flexibility index (Phi) is 5.77. The van der Waals surface area contributed by atoms with E-state index in [0.29, 0.717) is 19.3 Å². The molecule has 0 heterocycles. The molecule has 2 fully saturated rings. The van der Waals surface area contributed by atoms with Crippen LogP contribution in [0.5, 0.6) is 0 Å². The molecule has 0 aliphatic heterocycles. The highest BCUT2D eigenvalue weighted by Crippen LogP contribution is 2.63. The van der Waals surface area contributed by atoms with Crippen molar-refractivity contribution in [2.75, 3.05) is 20.3 Å². The molecule has 0 bridgehead atoms. The molecule has 4 unspecified atom stereocenters. The maximum absolute atomic E-state index is 12.6. The van der Waals surface area contributed by atoms with Gasteiger partial charge in [-0.05, 0) is 47.4 Å². The van der Waals surface area contributed by atoms with E-state index in [1.807, 2.05) is 36.4 Å². The summed E-state index contributed by atoms with van der Waals surface area (Å²) >= 11 is 0. The Balaban J connectivity index is 1.12. The molecule has 34 heavy (non-hydrogen) atoms. The van der Waals surface area contributed by atoms with Gasteiger partial charge in [-0.2, -0.15) is 0 Å². The van der Waals surface area contributed by atoms with Gasteiger partial charge >= 0.3 is 12.1 Å². The van der Waals surface area contributed by atoms with Crippen LogP contribution < -0.4 is 10.6 Å². The van der Waals surface area contributed by atoms with Gasteiger partial charge in [0.25, 0.3) is 5.91 Å². The summed E-state index contributed by atoms with van der Waals surface area (Å²) in [5.74, 6) is -1.06. The van der Waals surface area contributed by atoms with Crippen LogP contribution in [0.15, 0.2) is 48.5 Å². The van der Waals surface area contributed by atoms with Crippen molar-refractivity contribution in [1.82, 2.24) is 10.6 Å². The van der Waals surface area contributed by atoms with Crippen molar-refractivity contribution in [3.63, 3.8) is 0 Å². The number of aliphatic carboxylic acids is 1. The number of hydrogen-bond donors (Lipinski definition) is 3. The number of hydrogen-bond acceptors (Lipinski definition) is 5. The molecule has 2 amide bonds. The van der Waals surface area contributed by atoms with Gasteiger partial charge in [0, 0.05) is 19.1 Å². The number of fused-ring (bicyclic) bond motifs is 4. The van der Waals surface area contributed by atoms with Crippen molar-refractivity contribution in [2.24, 2.45) is 11.3 Å². The number of carbonyl (C=O) groups excluding carboxylic acids is 2. The lowest BCUT2D eigenvalue weighted by Crippen LogP contribution is -2.47. The Labute approximate surface area is 197 Å². The van der Waals surface area contributed by atoms with Crippen molar-refractivity contribution in [1.29, 1.82) is 0 Å². The first-order valence-electron chi connectivity index (χ1n) is 11.6. The van der Waals surface area contributed by atoms with Crippen molar-refractivity contribution in [3.05, 3.63) is 59.7 Å². The Hall–Kier alpha value is -3.39. The zero-order chi connectivity index (χ0) is 23.9. The lowest BCUT2D eigenvalue weighted by Gasteiger charge is -2.21. The Morgan fingerprint density at radius 2 is 1.71 bits per heavy atom. The van der Waals surface area contributed by atoms with Gasteiger partial charge in [0.1, 0.15) is 6.61 Å². The van der Waals surface area contributed by atoms with E-state index in [-0.39, 0.29) is 36.9 Å². The molecule has 5 rings (SSSR count). The fraction of sp³-hybridized carbons (Fsp3) is 0.423. The van der Waals surface area contributed by atoms with Gasteiger partial charge in [-0.15, -0.1) is 0 Å². The largest absolute Gasteiger partial charge is 0.481 e. The summed E-state index contributed by atoms with van der Waals surface area (Å²) in [6.45, 7) is 0.143. The molecule has 2 saturated carbocycles. The minimum absolute atomic E-state index is 0.0424. The molecule has 0 saturated heterocycles. The topological polar surface area (TPSA) is 114 Å². The lowest BCUT2D eigenvalue weighted by atomic mass is 9.98. The van der Waals surface area contributed by atoms with Gasteiger partial charge in [0.05, 0.1) is 12.0 Å². The molecule has 3 aliphatic rings. The van der Waals surface area contributed by atoms with Gasteiger partial charge in [-0.1, -0.05) is 48.5 Å². The molecule has 2 aromatic carbocycles. The maximum Gasteiger partial charge on any atom is 0.407 e. The molecule has 0 radical (unpaired) electrons. The number of carboxylic acid groups (broad SMARTS) is 1. The minimum Gasteiger partial charge on any atom is -0.481 e. The number of methoxy groups -OCH3 is 1. The van der Waals surface area contributed by atoms with E-state index in [2.05, 4.69) is 22.8 Å². The number of carbonyl (C=O) groups is 3. The maximum atomic E-state index is 12.6. The molecule has 2 aromatic rings. The first-order chi connectivity index (χ1) is 16.4. The second-order valence-corrected chi connectivity index (χ2v) is 9.44. The summed E-state index contributed by atoms with van der Waals surface area (Å²) in [6, 6.07) is 16.0. The van der Waals surface area contributed by atoms with Gasteiger partial charge in [-0.25, -0.2) is 4.79 Å². The summed E-state index contributed by atoms with van der Waals surface area (Å²) in [4.78, 5) is 36.5. The van der Waals surface area contributed by atoms with Crippen molar-refractivity contribution in [3.8, 4) is 11.1 Å². The zero-order valence-electron chi connectivity index (χ0n) is 19.0. The van der Waals surface area contributed by atoms with Crippen LogP contribution in [0.4, 0.5) is 4.79 Å². The molecular formula is C26H28N2O6. The minimum atomic E-state index is -0.891. The van der Waals surface area contributed by atoms with Crippen LogP contribution in [-0.4, -0.2) is 55.5 Å². The van der Waals surface area contributed by atoms with E-state index < -0.39 is 23.6 Å². The molecule has 3 aliphatic carbocycles. The highest BCUT2D eigenvalue weighted by Gasteiger charge is 2.65. The van der Waals surface area contributed by atoms with E-state index in [4.69, 9.17) is 9.47 Å². The van der Waals surface area contributed by atoms with E-state index in [0.717, 1.165) is 22.3 Å². The van der Waals surface area contributed by atoms with E-state index in [1.54, 1.807) is 0 Å². The Morgan fingerprint density at radius 1 is 1.06 bits per heavy atom. The van der Waals surface area contributed by atoms with Crippen LogP contribution in [0, 0.1) is 11.3 Å². The standard InChI is InChI=1S/C26H28N2O6/c1-33-22(23(29)28-16-10-15-11-26(15,12-16)24(30)31)13-27-25(32)34-14-21-19-8-4-2-6-17(19)18-7-3-5-9-20(18)21/h2-9,15-16,21-22H,10-14H2,1H3,(H,27,32)(H,28,29)(H,30,31). The fourth-order valence-corrected chi connectivity index (χ4v) is 5.67. The van der Waals surface area contributed by atoms with E-state index >= 15 is 0 Å². The van der Waals surface area contributed by atoms with Crippen molar-refractivity contribution in [2.45, 2.75) is 37.3 Å².